The van der Waals surface area contributed by atoms with E-state index in [1.807, 2.05) is 0 Å². The van der Waals surface area contributed by atoms with Crippen LogP contribution in [0.15, 0.2) is 0 Å². The highest BCUT2D eigenvalue weighted by atomic mass is 32.1. The average Bonchev–Trinajstić information content (AvgIpc) is 1.63. The first-order chi connectivity index (χ1) is 4.04. The summed E-state index contributed by atoms with van der Waals surface area (Å²) in [5, 5.41) is 8.08. The Hall–Kier alpha value is -0.220. The Morgan fingerprint density at radius 2 is 2.22 bits per heavy atom. The summed E-state index contributed by atoms with van der Waals surface area (Å²) in [6.07, 6.45) is 0.0795. The molecule has 1 N–H and O–H groups in total. The van der Waals surface area contributed by atoms with Crippen LogP contribution < -0.4 is 0 Å². The van der Waals surface area contributed by atoms with E-state index in [9.17, 15) is 4.79 Å². The van der Waals surface area contributed by atoms with Gasteiger partial charge in [0, 0.05) is 0 Å². The summed E-state index contributed by atoms with van der Waals surface area (Å²) >= 11 is 4.01. The maximum absolute atomic E-state index is 10.0. The lowest BCUT2D eigenvalue weighted by Gasteiger charge is -2.15. The van der Waals surface area contributed by atoms with Gasteiger partial charge in [-0.1, -0.05) is 0 Å². The summed E-state index contributed by atoms with van der Waals surface area (Å²) in [6.45, 7) is 0. The molecule has 0 heterocycles. The molecule has 1 atom stereocenters. The smallest absolute Gasteiger partial charge is 0.305 e. The van der Waals surface area contributed by atoms with Crippen molar-refractivity contribution in [3.63, 3.8) is 0 Å². The van der Waals surface area contributed by atoms with Crippen molar-refractivity contribution >= 4 is 18.6 Å². The van der Waals surface area contributed by atoms with Gasteiger partial charge in [-0.2, -0.15) is 12.6 Å². The highest BCUT2D eigenvalue weighted by Gasteiger charge is 2.08. The molecule has 0 saturated heterocycles. The molecule has 54 valence electrons. The van der Waals surface area contributed by atoms with E-state index in [1.54, 1.807) is 19.0 Å². The number of aliphatic carboxylic acids is 1. The third-order valence-corrected chi connectivity index (χ3v) is 1.60. The fraction of sp³-hybridized carbons (Fsp3) is 0.800. The van der Waals surface area contributed by atoms with Gasteiger partial charge < -0.3 is 5.11 Å². The van der Waals surface area contributed by atoms with Crippen molar-refractivity contribution in [2.24, 2.45) is 0 Å². The molecule has 0 aliphatic heterocycles. The number of carboxylic acids is 1. The van der Waals surface area contributed by atoms with E-state index < -0.39 is 5.97 Å². The van der Waals surface area contributed by atoms with E-state index in [0.29, 0.717) is 0 Å². The van der Waals surface area contributed by atoms with Crippen LogP contribution in [0.1, 0.15) is 6.42 Å². The Morgan fingerprint density at radius 1 is 1.78 bits per heavy atom. The number of hydrogen-bond acceptors (Lipinski definition) is 3. The number of thiol groups is 1. The number of hydrogen-bond donors (Lipinski definition) is 2. The zero-order valence-electron chi connectivity index (χ0n) is 5.53. The van der Waals surface area contributed by atoms with Gasteiger partial charge in [-0.3, -0.25) is 9.69 Å². The summed E-state index contributed by atoms with van der Waals surface area (Å²) in [4.78, 5) is 11.8. The second kappa shape index (κ2) is 3.74. The normalized spacial score (nSPS) is 13.8. The van der Waals surface area contributed by atoms with Gasteiger partial charge in [0.25, 0.3) is 0 Å². The molecule has 0 aliphatic carbocycles. The quantitative estimate of drug-likeness (QED) is 0.447. The van der Waals surface area contributed by atoms with Crippen LogP contribution in [0.4, 0.5) is 0 Å². The second-order valence-electron chi connectivity index (χ2n) is 2.04. The molecule has 0 aromatic carbocycles. The molecule has 0 amide bonds. The molecular weight excluding hydrogens is 138 g/mol. The molecular formula is C5H11NO2S. The van der Waals surface area contributed by atoms with Crippen molar-refractivity contribution in [1.82, 2.24) is 4.90 Å². The number of rotatable bonds is 3. The van der Waals surface area contributed by atoms with Crippen LogP contribution in [0, 0.1) is 0 Å². The average molecular weight is 149 g/mol. The van der Waals surface area contributed by atoms with Gasteiger partial charge in [0.15, 0.2) is 0 Å². The largest absolute Gasteiger partial charge is 0.481 e. The van der Waals surface area contributed by atoms with Crippen molar-refractivity contribution in [2.45, 2.75) is 11.8 Å². The zero-order chi connectivity index (χ0) is 7.44. The third kappa shape index (κ3) is 4.29. The second-order valence-corrected chi connectivity index (χ2v) is 2.64. The maximum Gasteiger partial charge on any atom is 0.305 e. The lowest BCUT2D eigenvalue weighted by molar-refractivity contribution is -0.137. The molecule has 0 spiro atoms. The van der Waals surface area contributed by atoms with Gasteiger partial charge in [-0.15, -0.1) is 0 Å². The fourth-order valence-electron chi connectivity index (χ4n) is 0.339. The van der Waals surface area contributed by atoms with Crippen LogP contribution in [0.3, 0.4) is 0 Å². The topological polar surface area (TPSA) is 40.5 Å². The van der Waals surface area contributed by atoms with Gasteiger partial charge >= 0.3 is 5.97 Å². The Balaban J connectivity index is 3.50. The molecule has 0 radical (unpaired) electrons. The van der Waals surface area contributed by atoms with Gasteiger partial charge in [-0.05, 0) is 14.1 Å². The lowest BCUT2D eigenvalue weighted by atomic mass is 10.4. The van der Waals surface area contributed by atoms with Crippen molar-refractivity contribution in [1.29, 1.82) is 0 Å². The standard InChI is InChI=1S/C5H11NO2S/c1-6(2)4(9)3-5(7)8/h4,9H,3H2,1-2H3,(H,7,8). The predicted octanol–water partition coefficient (Wildman–Crippen LogP) is 0.279. The van der Waals surface area contributed by atoms with Gasteiger partial charge in [-0.25, -0.2) is 0 Å². The van der Waals surface area contributed by atoms with Crippen LogP contribution in [0.5, 0.6) is 0 Å². The Kier molecular flexibility index (Phi) is 3.65. The van der Waals surface area contributed by atoms with E-state index in [0.717, 1.165) is 0 Å². The molecule has 0 rings (SSSR count). The molecule has 3 nitrogen and oxygen atoms in total. The Labute approximate surface area is 60.1 Å². The summed E-state index contributed by atoms with van der Waals surface area (Å²) in [6, 6.07) is 0. The Bertz CT molecular complexity index is 105. The van der Waals surface area contributed by atoms with Crippen molar-refractivity contribution < 1.29 is 9.90 Å². The van der Waals surface area contributed by atoms with Crippen LogP contribution in [-0.2, 0) is 4.79 Å². The number of carboxylic acid groups (broad SMARTS) is 1. The minimum Gasteiger partial charge on any atom is -0.481 e. The Morgan fingerprint density at radius 3 is 2.33 bits per heavy atom. The highest BCUT2D eigenvalue weighted by Crippen LogP contribution is 2.02. The first kappa shape index (κ1) is 8.78. The van der Waals surface area contributed by atoms with Crippen LogP contribution in [-0.4, -0.2) is 35.4 Å². The van der Waals surface area contributed by atoms with E-state index in [1.165, 1.54) is 0 Å². The summed E-state index contributed by atoms with van der Waals surface area (Å²) in [5.41, 5.74) is 0. The van der Waals surface area contributed by atoms with Gasteiger partial charge in [0.05, 0.1) is 11.8 Å². The molecule has 0 bridgehead atoms. The molecule has 4 heteroatoms. The van der Waals surface area contributed by atoms with Crippen LogP contribution in [0.25, 0.3) is 0 Å². The third-order valence-electron chi connectivity index (χ3n) is 0.953. The lowest BCUT2D eigenvalue weighted by Crippen LogP contribution is -2.24. The van der Waals surface area contributed by atoms with E-state index in [-0.39, 0.29) is 11.8 Å². The summed E-state index contributed by atoms with van der Waals surface area (Å²) in [7, 11) is 3.58. The van der Waals surface area contributed by atoms with Gasteiger partial charge in [0.2, 0.25) is 0 Å². The SMILES string of the molecule is CN(C)C(S)CC(=O)O. The molecule has 0 fully saturated rings. The first-order valence-electron chi connectivity index (χ1n) is 2.60. The summed E-state index contributed by atoms with van der Waals surface area (Å²) in [5.74, 6) is -0.816. The maximum atomic E-state index is 10.0. The summed E-state index contributed by atoms with van der Waals surface area (Å²) < 4.78 is 0. The highest BCUT2D eigenvalue weighted by molar-refractivity contribution is 7.80. The van der Waals surface area contributed by atoms with Crippen LogP contribution in [0.2, 0.25) is 0 Å². The molecule has 0 aromatic rings. The number of nitrogens with zero attached hydrogens (tertiary/aromatic N) is 1. The van der Waals surface area contributed by atoms with E-state index >= 15 is 0 Å². The molecule has 0 saturated carbocycles. The van der Waals surface area contributed by atoms with Crippen LogP contribution >= 0.6 is 12.6 Å². The molecule has 0 aromatic heterocycles. The minimum atomic E-state index is -0.816. The molecule has 1 unspecified atom stereocenters. The predicted molar refractivity (Wildman–Crippen MR) is 38.7 cm³/mol. The number of carbonyl (C=O) groups is 1. The van der Waals surface area contributed by atoms with Crippen molar-refractivity contribution in [2.75, 3.05) is 14.1 Å². The van der Waals surface area contributed by atoms with Gasteiger partial charge in [0.1, 0.15) is 0 Å². The van der Waals surface area contributed by atoms with E-state index in [2.05, 4.69) is 12.6 Å². The first-order valence-corrected chi connectivity index (χ1v) is 3.12. The van der Waals surface area contributed by atoms with Crippen molar-refractivity contribution in [3.05, 3.63) is 0 Å². The fourth-order valence-corrected chi connectivity index (χ4v) is 0.495. The molecule has 0 aliphatic rings. The zero-order valence-corrected chi connectivity index (χ0v) is 6.43. The van der Waals surface area contributed by atoms with E-state index in [4.69, 9.17) is 5.11 Å². The monoisotopic (exact) mass is 149 g/mol. The minimum absolute atomic E-state index is 0.0795. The molecule has 9 heavy (non-hydrogen) atoms. The van der Waals surface area contributed by atoms with Crippen molar-refractivity contribution in [3.8, 4) is 0 Å².